The van der Waals surface area contributed by atoms with Gasteiger partial charge in [0.1, 0.15) is 10.7 Å². The molecule has 1 aromatic heterocycles. The second kappa shape index (κ2) is 4.68. The Morgan fingerprint density at radius 1 is 1.53 bits per heavy atom. The molecule has 0 aliphatic rings. The lowest BCUT2D eigenvalue weighted by atomic mass is 10.3. The fraction of sp³-hybridized carbons (Fsp3) is 0. The standard InChI is InChI=1S/C10H6ClFN2O2S/c11-6-2-1-5(3-7(6)12)14-10-13-4-8(17-10)9(15)16/h1-4H,(H,13,14)(H,15,16). The van der Waals surface area contributed by atoms with E-state index in [0.29, 0.717) is 10.8 Å². The Kier molecular flexibility index (Phi) is 3.26. The summed E-state index contributed by atoms with van der Waals surface area (Å²) in [5.74, 6) is -1.59. The molecule has 0 fully saturated rings. The summed E-state index contributed by atoms with van der Waals surface area (Å²) in [7, 11) is 0. The van der Waals surface area contributed by atoms with E-state index in [2.05, 4.69) is 10.3 Å². The molecule has 7 heteroatoms. The number of hydrogen-bond acceptors (Lipinski definition) is 4. The Morgan fingerprint density at radius 2 is 2.29 bits per heavy atom. The molecule has 4 nitrogen and oxygen atoms in total. The van der Waals surface area contributed by atoms with Crippen molar-refractivity contribution >= 4 is 39.7 Å². The van der Waals surface area contributed by atoms with E-state index in [4.69, 9.17) is 16.7 Å². The number of aromatic carboxylic acids is 1. The quantitative estimate of drug-likeness (QED) is 0.899. The topological polar surface area (TPSA) is 62.2 Å². The van der Waals surface area contributed by atoms with Gasteiger partial charge >= 0.3 is 5.97 Å². The molecule has 2 aromatic rings. The van der Waals surface area contributed by atoms with Crippen molar-refractivity contribution in [3.63, 3.8) is 0 Å². The normalized spacial score (nSPS) is 10.2. The van der Waals surface area contributed by atoms with Gasteiger partial charge < -0.3 is 10.4 Å². The van der Waals surface area contributed by atoms with E-state index < -0.39 is 11.8 Å². The molecule has 0 saturated heterocycles. The Morgan fingerprint density at radius 3 is 2.88 bits per heavy atom. The maximum absolute atomic E-state index is 13.1. The maximum Gasteiger partial charge on any atom is 0.347 e. The van der Waals surface area contributed by atoms with Gasteiger partial charge in [-0.05, 0) is 18.2 Å². The van der Waals surface area contributed by atoms with Gasteiger partial charge in [0.15, 0.2) is 5.13 Å². The second-order valence-corrected chi connectivity index (χ2v) is 4.53. The number of anilines is 2. The van der Waals surface area contributed by atoms with E-state index in [1.165, 1.54) is 18.3 Å². The molecule has 2 rings (SSSR count). The van der Waals surface area contributed by atoms with Crippen molar-refractivity contribution in [2.75, 3.05) is 5.32 Å². The number of carboxylic acid groups (broad SMARTS) is 1. The molecule has 1 aromatic carbocycles. The lowest BCUT2D eigenvalue weighted by molar-refractivity contribution is 0.0702. The summed E-state index contributed by atoms with van der Waals surface area (Å²) in [6.07, 6.45) is 1.24. The summed E-state index contributed by atoms with van der Waals surface area (Å²) in [4.78, 5) is 14.6. The van der Waals surface area contributed by atoms with E-state index >= 15 is 0 Å². The zero-order valence-corrected chi connectivity index (χ0v) is 9.85. The molecule has 0 atom stereocenters. The molecule has 2 N–H and O–H groups in total. The average Bonchev–Trinajstić information content (AvgIpc) is 2.72. The summed E-state index contributed by atoms with van der Waals surface area (Å²) in [5, 5.41) is 11.9. The third kappa shape index (κ3) is 2.72. The smallest absolute Gasteiger partial charge is 0.347 e. The fourth-order valence-corrected chi connectivity index (χ4v) is 1.92. The van der Waals surface area contributed by atoms with Gasteiger partial charge in [-0.1, -0.05) is 22.9 Å². The molecule has 0 aliphatic carbocycles. The van der Waals surface area contributed by atoms with E-state index in [1.54, 1.807) is 6.07 Å². The molecule has 0 saturated carbocycles. The summed E-state index contributed by atoms with van der Waals surface area (Å²) in [6, 6.07) is 4.20. The van der Waals surface area contributed by atoms with Crippen LogP contribution in [0.15, 0.2) is 24.4 Å². The van der Waals surface area contributed by atoms with Crippen molar-refractivity contribution in [2.45, 2.75) is 0 Å². The molecular weight excluding hydrogens is 267 g/mol. The Labute approximate surface area is 105 Å². The van der Waals surface area contributed by atoms with Crippen LogP contribution >= 0.6 is 22.9 Å². The predicted octanol–water partition coefficient (Wildman–Crippen LogP) is 3.38. The highest BCUT2D eigenvalue weighted by Gasteiger charge is 2.09. The van der Waals surface area contributed by atoms with Crippen molar-refractivity contribution in [3.8, 4) is 0 Å². The third-order valence-corrected chi connectivity index (χ3v) is 3.09. The van der Waals surface area contributed by atoms with Crippen molar-refractivity contribution in [3.05, 3.63) is 40.1 Å². The molecule has 1 heterocycles. The lowest BCUT2D eigenvalue weighted by Crippen LogP contribution is -1.90. The van der Waals surface area contributed by atoms with Crippen molar-refractivity contribution in [1.82, 2.24) is 4.98 Å². The van der Waals surface area contributed by atoms with Crippen LogP contribution in [0.25, 0.3) is 0 Å². The summed E-state index contributed by atoms with van der Waals surface area (Å²) < 4.78 is 13.1. The van der Waals surface area contributed by atoms with Gasteiger partial charge in [-0.3, -0.25) is 0 Å². The number of thiazole rings is 1. The SMILES string of the molecule is O=C(O)c1cnc(Nc2ccc(Cl)c(F)c2)s1. The van der Waals surface area contributed by atoms with Crippen molar-refractivity contribution < 1.29 is 14.3 Å². The van der Waals surface area contributed by atoms with Crippen LogP contribution in [0.4, 0.5) is 15.2 Å². The fourth-order valence-electron chi connectivity index (χ4n) is 1.13. The van der Waals surface area contributed by atoms with Gasteiger partial charge in [0, 0.05) is 5.69 Å². The number of carboxylic acids is 1. The van der Waals surface area contributed by atoms with E-state index in [1.807, 2.05) is 0 Å². The molecular formula is C10H6ClFN2O2S. The molecule has 17 heavy (non-hydrogen) atoms. The van der Waals surface area contributed by atoms with Crippen LogP contribution < -0.4 is 5.32 Å². The number of halogens is 2. The Balaban J connectivity index is 2.19. The second-order valence-electron chi connectivity index (χ2n) is 3.09. The highest BCUT2D eigenvalue weighted by molar-refractivity contribution is 7.17. The van der Waals surface area contributed by atoms with Gasteiger partial charge in [-0.25, -0.2) is 14.2 Å². The zero-order chi connectivity index (χ0) is 12.4. The van der Waals surface area contributed by atoms with Gasteiger partial charge in [-0.2, -0.15) is 0 Å². The summed E-state index contributed by atoms with van der Waals surface area (Å²) in [5.41, 5.74) is 0.457. The maximum atomic E-state index is 13.1. The lowest BCUT2D eigenvalue weighted by Gasteiger charge is -2.02. The molecule has 0 aliphatic heterocycles. The first-order chi connectivity index (χ1) is 8.06. The first-order valence-corrected chi connectivity index (χ1v) is 5.67. The molecule has 0 bridgehead atoms. The Bertz CT molecular complexity index is 573. The minimum atomic E-state index is -1.04. The molecule has 0 amide bonds. The van der Waals surface area contributed by atoms with Gasteiger partial charge in [-0.15, -0.1) is 0 Å². The number of aromatic nitrogens is 1. The number of benzene rings is 1. The van der Waals surface area contributed by atoms with Gasteiger partial charge in [0.25, 0.3) is 0 Å². The van der Waals surface area contributed by atoms with E-state index in [0.717, 1.165) is 11.3 Å². The van der Waals surface area contributed by atoms with Crippen LogP contribution in [-0.4, -0.2) is 16.1 Å². The van der Waals surface area contributed by atoms with Crippen LogP contribution in [-0.2, 0) is 0 Å². The zero-order valence-electron chi connectivity index (χ0n) is 8.28. The van der Waals surface area contributed by atoms with E-state index in [9.17, 15) is 9.18 Å². The first-order valence-electron chi connectivity index (χ1n) is 4.47. The summed E-state index contributed by atoms with van der Waals surface area (Å²) >= 11 is 6.50. The number of hydrogen-bond donors (Lipinski definition) is 2. The highest BCUT2D eigenvalue weighted by atomic mass is 35.5. The number of rotatable bonds is 3. The monoisotopic (exact) mass is 272 g/mol. The van der Waals surface area contributed by atoms with Crippen LogP contribution in [0.3, 0.4) is 0 Å². The van der Waals surface area contributed by atoms with Crippen LogP contribution in [0.2, 0.25) is 5.02 Å². The predicted molar refractivity (Wildman–Crippen MR) is 63.8 cm³/mol. The average molecular weight is 273 g/mol. The molecule has 88 valence electrons. The third-order valence-electron chi connectivity index (χ3n) is 1.89. The molecule has 0 unspecified atom stereocenters. The molecule has 0 radical (unpaired) electrons. The van der Waals surface area contributed by atoms with Crippen molar-refractivity contribution in [2.24, 2.45) is 0 Å². The largest absolute Gasteiger partial charge is 0.477 e. The van der Waals surface area contributed by atoms with Crippen molar-refractivity contribution in [1.29, 1.82) is 0 Å². The van der Waals surface area contributed by atoms with Crippen LogP contribution in [0, 0.1) is 5.82 Å². The van der Waals surface area contributed by atoms with Gasteiger partial charge in [0.2, 0.25) is 0 Å². The number of nitrogens with zero attached hydrogens (tertiary/aromatic N) is 1. The minimum absolute atomic E-state index is 0.0286. The van der Waals surface area contributed by atoms with Crippen LogP contribution in [0.1, 0.15) is 9.67 Å². The Hall–Kier alpha value is -1.66. The van der Waals surface area contributed by atoms with Gasteiger partial charge in [0.05, 0.1) is 11.2 Å². The van der Waals surface area contributed by atoms with E-state index in [-0.39, 0.29) is 9.90 Å². The number of nitrogens with one attached hydrogen (secondary N) is 1. The molecule has 0 spiro atoms. The highest BCUT2D eigenvalue weighted by Crippen LogP contribution is 2.25. The number of carbonyl (C=O) groups is 1. The first kappa shape index (κ1) is 11.8. The van der Waals surface area contributed by atoms with Crippen LogP contribution in [0.5, 0.6) is 0 Å². The minimum Gasteiger partial charge on any atom is -0.477 e. The summed E-state index contributed by atoms with van der Waals surface area (Å²) in [6.45, 7) is 0.